The Kier molecular flexibility index (Phi) is 3.67. The van der Waals surface area contributed by atoms with Crippen molar-refractivity contribution >= 4 is 31.0 Å². The van der Waals surface area contributed by atoms with Crippen molar-refractivity contribution in [1.29, 1.82) is 0 Å². The Morgan fingerprint density at radius 2 is 2.24 bits per heavy atom. The molecule has 5 N–H and O–H groups in total. The molecule has 2 aliphatic rings. The van der Waals surface area contributed by atoms with E-state index in [4.69, 9.17) is 25.5 Å². The van der Waals surface area contributed by atoms with Crippen LogP contribution in [0.5, 0.6) is 0 Å². The van der Waals surface area contributed by atoms with Gasteiger partial charge in [-0.05, 0) is 11.5 Å². The number of nitrogen functional groups attached to an aromatic ring is 2. The molecule has 134 valence electrons. The molecule has 0 radical (unpaired) electrons. The molecule has 2 fully saturated rings. The molecule has 2 bridgehead atoms. The van der Waals surface area contributed by atoms with E-state index in [2.05, 4.69) is 15.0 Å². The average Bonchev–Trinajstić information content (AvgIpc) is 3.14. The SMILES string of the molecule is C[C@@H]1O[C@H]2[C@H](n3cnc4c(N)nc(N)nc43)O[C@]1(CO[P+](C)=O)[C@H]2O. The quantitative estimate of drug-likeness (QED) is 0.615. The lowest BCUT2D eigenvalue weighted by atomic mass is 9.94. The minimum absolute atomic E-state index is 0.00534. The molecule has 0 aromatic carbocycles. The molecule has 6 atom stereocenters. The maximum atomic E-state index is 11.3. The van der Waals surface area contributed by atoms with E-state index in [0.29, 0.717) is 11.2 Å². The van der Waals surface area contributed by atoms with Crippen LogP contribution < -0.4 is 11.5 Å². The molecule has 2 aromatic heterocycles. The predicted molar refractivity (Wildman–Crippen MR) is 86.8 cm³/mol. The highest BCUT2D eigenvalue weighted by Crippen LogP contribution is 2.50. The van der Waals surface area contributed by atoms with Gasteiger partial charge in [0.25, 0.3) is 0 Å². The minimum Gasteiger partial charge on any atom is -0.387 e. The van der Waals surface area contributed by atoms with E-state index in [1.54, 1.807) is 11.5 Å². The molecule has 2 saturated heterocycles. The minimum atomic E-state index is -1.84. The van der Waals surface area contributed by atoms with E-state index in [1.807, 2.05) is 0 Å². The van der Waals surface area contributed by atoms with Crippen LogP contribution in [0.1, 0.15) is 13.2 Å². The first-order valence-corrected chi connectivity index (χ1v) is 9.26. The molecule has 0 saturated carbocycles. The van der Waals surface area contributed by atoms with Crippen molar-refractivity contribution < 1.29 is 23.7 Å². The second kappa shape index (κ2) is 5.55. The maximum Gasteiger partial charge on any atom is 0.504 e. The number of nitrogens with zero attached hydrogens (tertiary/aromatic N) is 4. The number of aromatic nitrogens is 4. The number of hydrogen-bond donors (Lipinski definition) is 3. The monoisotopic (exact) mass is 369 g/mol. The van der Waals surface area contributed by atoms with Gasteiger partial charge in [-0.25, -0.2) is 4.98 Å². The van der Waals surface area contributed by atoms with Crippen molar-refractivity contribution in [3.8, 4) is 0 Å². The number of fused-ring (bicyclic) bond motifs is 3. The normalized spacial score (nSPS) is 34.8. The summed E-state index contributed by atoms with van der Waals surface area (Å²) in [5.41, 5.74) is 11.1. The van der Waals surface area contributed by atoms with E-state index < -0.39 is 38.2 Å². The van der Waals surface area contributed by atoms with Gasteiger partial charge in [0.15, 0.2) is 30.0 Å². The Bertz CT molecular complexity index is 861. The lowest BCUT2D eigenvalue weighted by Gasteiger charge is -2.34. The Balaban J connectivity index is 1.73. The van der Waals surface area contributed by atoms with Crippen molar-refractivity contribution in [3.63, 3.8) is 0 Å². The molecule has 0 amide bonds. The highest BCUT2D eigenvalue weighted by atomic mass is 31.1. The first-order chi connectivity index (χ1) is 11.8. The van der Waals surface area contributed by atoms with E-state index >= 15 is 0 Å². The zero-order valence-corrected chi connectivity index (χ0v) is 14.5. The summed E-state index contributed by atoms with van der Waals surface area (Å²) >= 11 is 0. The van der Waals surface area contributed by atoms with Gasteiger partial charge in [-0.3, -0.25) is 4.57 Å². The number of rotatable bonds is 4. The largest absolute Gasteiger partial charge is 0.504 e. The molecule has 1 unspecified atom stereocenters. The fourth-order valence-corrected chi connectivity index (χ4v) is 3.79. The summed E-state index contributed by atoms with van der Waals surface area (Å²) in [6.45, 7) is 3.16. The zero-order valence-electron chi connectivity index (χ0n) is 13.6. The van der Waals surface area contributed by atoms with Gasteiger partial charge in [-0.1, -0.05) is 0 Å². The highest BCUT2D eigenvalue weighted by Gasteiger charge is 2.66. The van der Waals surface area contributed by atoms with Gasteiger partial charge in [0.1, 0.15) is 24.3 Å². The summed E-state index contributed by atoms with van der Waals surface area (Å²) in [6.07, 6.45) is -1.28. The Labute approximate surface area is 143 Å². The molecule has 12 heteroatoms. The van der Waals surface area contributed by atoms with Crippen molar-refractivity contribution in [2.24, 2.45) is 0 Å². The van der Waals surface area contributed by atoms with Crippen LogP contribution in [0.4, 0.5) is 11.8 Å². The molecule has 4 heterocycles. The lowest BCUT2D eigenvalue weighted by molar-refractivity contribution is -0.213. The van der Waals surface area contributed by atoms with E-state index in [1.165, 1.54) is 13.0 Å². The number of nitrogens with two attached hydrogens (primary N) is 2. The van der Waals surface area contributed by atoms with E-state index in [0.717, 1.165) is 0 Å². The van der Waals surface area contributed by atoms with Gasteiger partial charge >= 0.3 is 8.03 Å². The predicted octanol–water partition coefficient (Wildman–Crippen LogP) is -0.205. The molecule has 25 heavy (non-hydrogen) atoms. The van der Waals surface area contributed by atoms with Gasteiger partial charge in [-0.2, -0.15) is 9.97 Å². The summed E-state index contributed by atoms with van der Waals surface area (Å²) in [6, 6.07) is 0. The zero-order chi connectivity index (χ0) is 17.9. The number of imidazole rings is 1. The van der Waals surface area contributed by atoms with Crippen molar-refractivity contribution in [1.82, 2.24) is 19.5 Å². The van der Waals surface area contributed by atoms with Crippen LogP contribution in [0.2, 0.25) is 0 Å². The Morgan fingerprint density at radius 3 is 2.96 bits per heavy atom. The topological polar surface area (TPSA) is 161 Å². The fourth-order valence-electron chi connectivity index (χ4n) is 3.41. The summed E-state index contributed by atoms with van der Waals surface area (Å²) in [7, 11) is -1.84. The smallest absolute Gasteiger partial charge is 0.387 e. The van der Waals surface area contributed by atoms with Gasteiger partial charge in [-0.15, -0.1) is 4.52 Å². The van der Waals surface area contributed by atoms with Gasteiger partial charge in [0, 0.05) is 0 Å². The molecular weight excluding hydrogens is 351 g/mol. The summed E-state index contributed by atoms with van der Waals surface area (Å²) in [4.78, 5) is 12.2. The molecule has 11 nitrogen and oxygen atoms in total. The molecule has 2 aromatic rings. The average molecular weight is 369 g/mol. The number of anilines is 2. The van der Waals surface area contributed by atoms with Crippen molar-refractivity contribution in [3.05, 3.63) is 6.33 Å². The molecule has 2 aliphatic heterocycles. The first kappa shape index (κ1) is 16.6. The Morgan fingerprint density at radius 1 is 1.48 bits per heavy atom. The third kappa shape index (κ3) is 2.31. The standard InChI is InChI=1S/C13H18N6O5P/c1-5-13(3-22-25(2)21)8(20)7(23-5)11(24-13)19-4-16-6-9(14)17-12(15)18-10(6)19/h4-5,7-8,11,20H,3H2,1-2H3,(H4,14,15,17,18)/q+1/t5-,7+,8-,11+,13-/m0/s1. The number of hydrogen-bond acceptors (Lipinski definition) is 10. The third-order valence-electron chi connectivity index (χ3n) is 4.69. The molecule has 0 aliphatic carbocycles. The van der Waals surface area contributed by atoms with Crippen LogP contribution in [0, 0.1) is 0 Å². The molecule has 4 rings (SSSR count). The van der Waals surface area contributed by atoms with Gasteiger partial charge in [0.05, 0.1) is 12.4 Å². The van der Waals surface area contributed by atoms with E-state index in [9.17, 15) is 9.67 Å². The van der Waals surface area contributed by atoms with Crippen LogP contribution in [-0.4, -0.2) is 61.8 Å². The third-order valence-corrected chi connectivity index (χ3v) is 5.19. The van der Waals surface area contributed by atoms with Crippen LogP contribution in [0.15, 0.2) is 6.33 Å². The van der Waals surface area contributed by atoms with Gasteiger partial charge in [0.2, 0.25) is 5.95 Å². The van der Waals surface area contributed by atoms with Crippen LogP contribution >= 0.6 is 8.03 Å². The second-order valence-corrected chi connectivity index (χ2v) is 7.29. The number of aliphatic hydroxyl groups excluding tert-OH is 1. The maximum absolute atomic E-state index is 11.3. The highest BCUT2D eigenvalue weighted by molar-refractivity contribution is 7.38. The molecule has 0 spiro atoms. The second-order valence-electron chi connectivity index (χ2n) is 6.16. The summed E-state index contributed by atoms with van der Waals surface area (Å²) in [5, 5.41) is 10.7. The molecular formula is C13H18N6O5P+. The van der Waals surface area contributed by atoms with Gasteiger partial charge < -0.3 is 26.0 Å². The van der Waals surface area contributed by atoms with Crippen LogP contribution in [0.25, 0.3) is 11.2 Å². The number of ether oxygens (including phenoxy) is 2. The van der Waals surface area contributed by atoms with Crippen molar-refractivity contribution in [2.45, 2.75) is 37.1 Å². The Hall–Kier alpha value is -1.91. The summed E-state index contributed by atoms with van der Waals surface area (Å²) < 4.78 is 30.1. The van der Waals surface area contributed by atoms with Crippen molar-refractivity contribution in [2.75, 3.05) is 24.7 Å². The lowest BCUT2D eigenvalue weighted by Crippen LogP contribution is -2.49. The fraction of sp³-hybridized carbons (Fsp3) is 0.615. The van der Waals surface area contributed by atoms with E-state index in [-0.39, 0.29) is 18.4 Å². The first-order valence-electron chi connectivity index (χ1n) is 7.64. The van der Waals surface area contributed by atoms with Crippen LogP contribution in [-0.2, 0) is 18.6 Å². The summed E-state index contributed by atoms with van der Waals surface area (Å²) in [5.74, 6) is 0.158. The number of aliphatic hydroxyl groups is 1. The van der Waals surface area contributed by atoms with Crippen LogP contribution in [0.3, 0.4) is 0 Å².